The van der Waals surface area contributed by atoms with Gasteiger partial charge in [0.05, 0.1) is 0 Å². The Morgan fingerprint density at radius 1 is 0.750 bits per heavy atom. The maximum absolute atomic E-state index is 4.10. The maximum atomic E-state index is 4.10. The molecule has 2 aromatic rings. The molecule has 2 aromatic carbocycles. The van der Waals surface area contributed by atoms with E-state index in [0.29, 0.717) is 7.25 Å². The summed E-state index contributed by atoms with van der Waals surface area (Å²) in [6, 6.07) is 20.6. The van der Waals surface area contributed by atoms with E-state index in [1.807, 2.05) is 0 Å². The molecule has 0 spiro atoms. The topological polar surface area (TPSA) is 0 Å². The van der Waals surface area contributed by atoms with Crippen molar-refractivity contribution in [2.75, 3.05) is 0 Å². The second-order valence-electron chi connectivity index (χ2n) is 7.18. The van der Waals surface area contributed by atoms with Crippen LogP contribution in [0.2, 0.25) is 12.1 Å². The molecule has 0 nitrogen and oxygen atoms in total. The molecular weight excluding hydrogens is 478 g/mol. The van der Waals surface area contributed by atoms with Crippen molar-refractivity contribution in [1.29, 1.82) is 0 Å². The Bertz CT molecular complexity index is 818. The number of rotatable bonds is 7. The second kappa shape index (κ2) is 10.7. The van der Waals surface area contributed by atoms with Gasteiger partial charge >= 0.3 is 167 Å². The third kappa shape index (κ3) is 4.46. The molecule has 0 saturated carbocycles. The first-order valence-electron chi connectivity index (χ1n) is 9.46. The van der Waals surface area contributed by atoms with Crippen LogP contribution in [0, 0.1) is 0 Å². The van der Waals surface area contributed by atoms with Crippen molar-refractivity contribution in [2.45, 2.75) is 19.3 Å². The first-order valence-corrected chi connectivity index (χ1v) is 18.8. The Labute approximate surface area is 190 Å². The van der Waals surface area contributed by atoms with Gasteiger partial charge in [-0.15, -0.1) is 0 Å². The van der Waals surface area contributed by atoms with E-state index >= 15 is 0 Å². The molecule has 0 saturated heterocycles. The summed E-state index contributed by atoms with van der Waals surface area (Å²) in [4.78, 5) is 0. The zero-order chi connectivity index (χ0) is 17.9. The molecule has 2 aliphatic rings. The number of halogens is 2. The quantitative estimate of drug-likeness (QED) is 0.375. The predicted molar refractivity (Wildman–Crippen MR) is 114 cm³/mol. The van der Waals surface area contributed by atoms with Crippen molar-refractivity contribution in [3.8, 4) is 0 Å². The minimum atomic E-state index is -1.88. The van der Waals surface area contributed by atoms with Crippen LogP contribution in [0.25, 0.3) is 12.2 Å². The van der Waals surface area contributed by atoms with Crippen LogP contribution in [0.5, 0.6) is 0 Å². The van der Waals surface area contributed by atoms with E-state index < -0.39 is 26.8 Å². The molecule has 0 N–H and O–H groups in total. The second-order valence-corrected chi connectivity index (χ2v) is 25.0. The fourth-order valence-corrected chi connectivity index (χ4v) is 30.1. The summed E-state index contributed by atoms with van der Waals surface area (Å²) in [5, 5.41) is 0. The molecule has 0 aliphatic heterocycles. The summed E-state index contributed by atoms with van der Waals surface area (Å²) >= 11 is -1.88. The molecule has 0 aromatic heterocycles. The molecule has 4 heteroatoms. The zero-order valence-corrected chi connectivity index (χ0v) is 21.0. The molecule has 143 valence electrons. The van der Waals surface area contributed by atoms with Crippen LogP contribution in [0.15, 0.2) is 86.0 Å². The number of hydrogen-bond donors (Lipinski definition) is 0. The SMILES string of the molecule is C=CC[SiH](CC=C)[Zr+2]([CH]1C=Cc2ccccc21)[CH]1C=Cc2ccccc21.[Cl-].[Cl-]. The summed E-state index contributed by atoms with van der Waals surface area (Å²) in [5.74, 6) is -0.915. The Balaban J connectivity index is 0.00000140. The van der Waals surface area contributed by atoms with Gasteiger partial charge in [0, 0.05) is 0 Å². The molecule has 0 bridgehead atoms. The molecular formula is C24H25Cl2SiZr. The number of benzene rings is 2. The summed E-state index contributed by atoms with van der Waals surface area (Å²) in [5.41, 5.74) is 6.06. The third-order valence-corrected chi connectivity index (χ3v) is 29.1. The Morgan fingerprint density at radius 2 is 1.18 bits per heavy atom. The minimum Gasteiger partial charge on any atom is -1.00 e. The Morgan fingerprint density at radius 3 is 1.61 bits per heavy atom. The van der Waals surface area contributed by atoms with E-state index in [9.17, 15) is 0 Å². The summed E-state index contributed by atoms with van der Waals surface area (Å²) in [7, 11) is 0. The first-order chi connectivity index (χ1) is 12.8. The van der Waals surface area contributed by atoms with E-state index in [2.05, 4.69) is 98.1 Å². The van der Waals surface area contributed by atoms with Gasteiger partial charge in [0.25, 0.3) is 0 Å². The summed E-state index contributed by atoms with van der Waals surface area (Å²) in [6.07, 6.45) is 14.2. The van der Waals surface area contributed by atoms with Crippen LogP contribution in [-0.2, 0) is 20.9 Å². The van der Waals surface area contributed by atoms with Gasteiger partial charge in [-0.1, -0.05) is 0 Å². The molecule has 0 fully saturated rings. The van der Waals surface area contributed by atoms with Gasteiger partial charge in [-0.2, -0.15) is 0 Å². The number of allylic oxidation sites excluding steroid dienone is 4. The van der Waals surface area contributed by atoms with Gasteiger partial charge in [0.15, 0.2) is 0 Å². The van der Waals surface area contributed by atoms with Crippen LogP contribution < -0.4 is 24.8 Å². The largest absolute Gasteiger partial charge is 1.00 e. The van der Waals surface area contributed by atoms with E-state index in [-0.39, 0.29) is 24.8 Å². The Hall–Kier alpha value is -0.920. The molecule has 0 heterocycles. The maximum Gasteiger partial charge on any atom is -1.00 e. The fraction of sp³-hybridized carbons (Fsp3) is 0.167. The molecule has 2 unspecified atom stereocenters. The van der Waals surface area contributed by atoms with E-state index in [4.69, 9.17) is 0 Å². The van der Waals surface area contributed by atoms with E-state index in [0.717, 1.165) is 0 Å². The van der Waals surface area contributed by atoms with Crippen LogP contribution in [0.1, 0.15) is 29.5 Å². The molecule has 4 rings (SSSR count). The van der Waals surface area contributed by atoms with Crippen LogP contribution in [0.3, 0.4) is 0 Å². The normalized spacial score (nSPS) is 18.0. The smallest absolute Gasteiger partial charge is 1.00 e. The summed E-state index contributed by atoms with van der Waals surface area (Å²) in [6.45, 7) is 8.21. The molecule has 2 atom stereocenters. The van der Waals surface area contributed by atoms with Gasteiger partial charge in [0.1, 0.15) is 0 Å². The molecule has 2 aliphatic carbocycles. The first kappa shape index (κ1) is 23.4. The van der Waals surface area contributed by atoms with Crippen LogP contribution in [0.4, 0.5) is 0 Å². The Kier molecular flexibility index (Phi) is 8.96. The van der Waals surface area contributed by atoms with E-state index in [1.165, 1.54) is 23.2 Å². The van der Waals surface area contributed by atoms with Crippen molar-refractivity contribution in [3.63, 3.8) is 0 Å². The summed E-state index contributed by atoms with van der Waals surface area (Å²) < 4.78 is 1.40. The van der Waals surface area contributed by atoms with Crippen LogP contribution in [-0.4, -0.2) is 5.92 Å². The molecule has 0 amide bonds. The minimum absolute atomic E-state index is 0. The van der Waals surface area contributed by atoms with Gasteiger partial charge < -0.3 is 24.8 Å². The third-order valence-electron chi connectivity index (χ3n) is 5.69. The predicted octanol–water partition coefficient (Wildman–Crippen LogP) is 0.245. The van der Waals surface area contributed by atoms with Crippen LogP contribution >= 0.6 is 0 Å². The number of hydrogen-bond acceptors (Lipinski definition) is 0. The zero-order valence-electron chi connectivity index (χ0n) is 15.9. The van der Waals surface area contributed by atoms with Crippen molar-refractivity contribution >= 4 is 18.1 Å². The van der Waals surface area contributed by atoms with Gasteiger partial charge in [-0.25, -0.2) is 0 Å². The monoisotopic (exact) mass is 501 g/mol. The standard InChI is InChI=1S/2C9H7.C6H11Si.2ClH.Zr/c2*1-2-5-9-7-3-6-8(9)4-1;1-3-5-7-6-4-2;;;/h2*1-7H;3-4,7H,1-2,5-6H2;2*1H;/q;;;;;+2/p-2. The van der Waals surface area contributed by atoms with Crippen molar-refractivity contribution in [1.82, 2.24) is 0 Å². The molecule has 28 heavy (non-hydrogen) atoms. The van der Waals surface area contributed by atoms with Crippen molar-refractivity contribution < 1.29 is 45.7 Å². The fourth-order valence-electron chi connectivity index (χ4n) is 4.55. The van der Waals surface area contributed by atoms with Crippen molar-refractivity contribution in [2.24, 2.45) is 0 Å². The van der Waals surface area contributed by atoms with Gasteiger partial charge in [-0.05, 0) is 0 Å². The molecule has 0 radical (unpaired) electrons. The van der Waals surface area contributed by atoms with Crippen molar-refractivity contribution in [3.05, 3.63) is 108 Å². The van der Waals surface area contributed by atoms with Gasteiger partial charge in [0.2, 0.25) is 0 Å². The number of fused-ring (bicyclic) bond motifs is 2. The average molecular weight is 504 g/mol. The van der Waals surface area contributed by atoms with Gasteiger partial charge in [-0.3, -0.25) is 0 Å². The van der Waals surface area contributed by atoms with E-state index in [1.54, 1.807) is 11.1 Å². The average Bonchev–Trinajstić information content (AvgIpc) is 3.28.